The number of aromatic nitrogens is 3. The molecule has 0 bridgehead atoms. The summed E-state index contributed by atoms with van der Waals surface area (Å²) in [6, 6.07) is 4.58. The maximum atomic E-state index is 10.9. The van der Waals surface area contributed by atoms with E-state index in [-0.39, 0.29) is 30.3 Å². The van der Waals surface area contributed by atoms with Crippen molar-refractivity contribution in [1.82, 2.24) is 15.0 Å². The highest BCUT2D eigenvalue weighted by Gasteiger charge is 2.15. The van der Waals surface area contributed by atoms with Crippen LogP contribution in [0.3, 0.4) is 0 Å². The Morgan fingerprint density at radius 3 is 2.90 bits per heavy atom. The third kappa shape index (κ3) is 3.53. The fourth-order valence-corrected chi connectivity index (χ4v) is 1.64. The van der Waals surface area contributed by atoms with Crippen molar-refractivity contribution in [3.8, 4) is 5.75 Å². The van der Waals surface area contributed by atoms with E-state index >= 15 is 0 Å². The van der Waals surface area contributed by atoms with Crippen LogP contribution in [0.4, 0.5) is 5.69 Å². The molecule has 0 aliphatic carbocycles. The lowest BCUT2D eigenvalue weighted by atomic mass is 10.2. The van der Waals surface area contributed by atoms with Gasteiger partial charge in [-0.3, -0.25) is 10.1 Å². The number of ether oxygens (including phenoxy) is 1. The number of nitro groups is 1. The van der Waals surface area contributed by atoms with Crippen LogP contribution in [0.5, 0.6) is 5.75 Å². The number of hydrogen-bond donors (Lipinski definition) is 1. The third-order valence-corrected chi connectivity index (χ3v) is 2.65. The first-order valence-corrected chi connectivity index (χ1v) is 5.98. The van der Waals surface area contributed by atoms with Crippen molar-refractivity contribution in [1.29, 1.82) is 0 Å². The van der Waals surface area contributed by atoms with Gasteiger partial charge in [0.15, 0.2) is 11.4 Å². The number of aryl methyl sites for hydroxylation is 1. The molecule has 0 atom stereocenters. The Morgan fingerprint density at radius 1 is 1.52 bits per heavy atom. The zero-order chi connectivity index (χ0) is 15.4. The van der Waals surface area contributed by atoms with Crippen LogP contribution >= 0.6 is 0 Å². The van der Waals surface area contributed by atoms with E-state index in [2.05, 4.69) is 10.3 Å². The number of carbonyl (C=O) groups is 1. The van der Waals surface area contributed by atoms with Crippen molar-refractivity contribution < 1.29 is 19.6 Å². The highest BCUT2D eigenvalue weighted by atomic mass is 16.6. The van der Waals surface area contributed by atoms with Gasteiger partial charge in [-0.1, -0.05) is 11.3 Å². The van der Waals surface area contributed by atoms with Crippen LogP contribution in [0.15, 0.2) is 24.4 Å². The van der Waals surface area contributed by atoms with Crippen LogP contribution in [0.2, 0.25) is 0 Å². The minimum Gasteiger partial charge on any atom is -0.485 e. The van der Waals surface area contributed by atoms with Crippen LogP contribution in [-0.4, -0.2) is 37.6 Å². The zero-order valence-electron chi connectivity index (χ0n) is 11.1. The molecular weight excluding hydrogens is 280 g/mol. The Labute approximate surface area is 118 Å². The van der Waals surface area contributed by atoms with Crippen molar-refractivity contribution in [3.05, 3.63) is 45.8 Å². The average molecular weight is 292 g/mol. The number of nitrogens with zero attached hydrogens (tertiary/aromatic N) is 4. The maximum Gasteiger partial charge on any atom is 0.358 e. The Bertz CT molecular complexity index is 682. The molecule has 0 amide bonds. The van der Waals surface area contributed by atoms with Gasteiger partial charge in [0.2, 0.25) is 0 Å². The van der Waals surface area contributed by atoms with Gasteiger partial charge in [-0.05, 0) is 18.6 Å². The predicted molar refractivity (Wildman–Crippen MR) is 70.3 cm³/mol. The Balaban J connectivity index is 2.01. The molecular formula is C12H12N4O5. The van der Waals surface area contributed by atoms with Crippen molar-refractivity contribution in [2.45, 2.75) is 13.5 Å². The van der Waals surface area contributed by atoms with Crippen molar-refractivity contribution in [2.75, 3.05) is 6.61 Å². The number of hydrogen-bond acceptors (Lipinski definition) is 6. The van der Waals surface area contributed by atoms with Crippen molar-refractivity contribution >= 4 is 11.7 Å². The highest BCUT2D eigenvalue weighted by Crippen LogP contribution is 2.27. The minimum absolute atomic E-state index is 0.104. The average Bonchev–Trinajstić information content (AvgIpc) is 2.87. The van der Waals surface area contributed by atoms with Crippen LogP contribution < -0.4 is 4.74 Å². The molecule has 1 heterocycles. The van der Waals surface area contributed by atoms with Gasteiger partial charge >= 0.3 is 11.7 Å². The molecule has 0 aliphatic heterocycles. The summed E-state index contributed by atoms with van der Waals surface area (Å²) in [5.74, 6) is -1.00. The first kappa shape index (κ1) is 14.4. The topological polar surface area (TPSA) is 120 Å². The summed E-state index contributed by atoms with van der Waals surface area (Å²) in [5.41, 5.74) is 0.548. The second kappa shape index (κ2) is 5.99. The molecule has 0 aliphatic rings. The normalized spacial score (nSPS) is 10.3. The maximum absolute atomic E-state index is 10.9. The minimum atomic E-state index is -1.17. The molecule has 0 fully saturated rings. The molecule has 1 aromatic heterocycles. The molecule has 21 heavy (non-hydrogen) atoms. The van der Waals surface area contributed by atoms with Gasteiger partial charge in [-0.2, -0.15) is 0 Å². The second-order valence-corrected chi connectivity index (χ2v) is 4.25. The van der Waals surface area contributed by atoms with Crippen molar-refractivity contribution in [3.63, 3.8) is 0 Å². The first-order valence-electron chi connectivity index (χ1n) is 5.98. The van der Waals surface area contributed by atoms with Crippen LogP contribution in [0, 0.1) is 17.0 Å². The molecule has 1 N–H and O–H groups in total. The number of carboxylic acids is 1. The largest absolute Gasteiger partial charge is 0.485 e. The Kier molecular flexibility index (Phi) is 4.12. The molecule has 1 aromatic carbocycles. The molecule has 0 spiro atoms. The summed E-state index contributed by atoms with van der Waals surface area (Å²) in [6.07, 6.45) is 1.26. The van der Waals surface area contributed by atoms with Gasteiger partial charge in [-0.15, -0.1) is 5.10 Å². The monoisotopic (exact) mass is 292 g/mol. The van der Waals surface area contributed by atoms with Gasteiger partial charge < -0.3 is 9.84 Å². The van der Waals surface area contributed by atoms with E-state index in [1.54, 1.807) is 19.1 Å². The number of benzene rings is 1. The Hall–Kier alpha value is -2.97. The number of rotatable bonds is 6. The molecule has 9 heteroatoms. The summed E-state index contributed by atoms with van der Waals surface area (Å²) in [7, 11) is 0. The molecule has 9 nitrogen and oxygen atoms in total. The van der Waals surface area contributed by atoms with Crippen LogP contribution in [-0.2, 0) is 6.54 Å². The fourth-order valence-electron chi connectivity index (χ4n) is 1.64. The summed E-state index contributed by atoms with van der Waals surface area (Å²) in [4.78, 5) is 21.0. The van der Waals surface area contributed by atoms with E-state index in [4.69, 9.17) is 9.84 Å². The molecule has 0 radical (unpaired) electrons. The lowest BCUT2D eigenvalue weighted by Crippen LogP contribution is -2.09. The van der Waals surface area contributed by atoms with E-state index < -0.39 is 10.9 Å². The molecule has 0 saturated heterocycles. The predicted octanol–water partition coefficient (Wildman–Crippen LogP) is 1.27. The number of aromatic carboxylic acids is 1. The fraction of sp³-hybridized carbons (Fsp3) is 0.250. The smallest absolute Gasteiger partial charge is 0.358 e. The molecule has 2 rings (SSSR count). The van der Waals surface area contributed by atoms with E-state index in [1.165, 1.54) is 16.9 Å². The standard InChI is InChI=1S/C12H12N4O5/c1-8-2-3-10(16(19)20)11(6-8)21-5-4-15-7-9(12(17)18)13-14-15/h2-3,6-7H,4-5H2,1H3,(H,17,18). The molecule has 2 aromatic rings. The van der Waals surface area contributed by atoms with E-state index in [9.17, 15) is 14.9 Å². The van der Waals surface area contributed by atoms with E-state index in [0.717, 1.165) is 5.56 Å². The number of carboxylic acid groups (broad SMARTS) is 1. The van der Waals surface area contributed by atoms with Gasteiger partial charge in [-0.25, -0.2) is 9.48 Å². The summed E-state index contributed by atoms with van der Waals surface area (Å²) < 4.78 is 6.67. The third-order valence-electron chi connectivity index (χ3n) is 2.65. The number of nitro benzene ring substituents is 1. The zero-order valence-corrected chi connectivity index (χ0v) is 11.1. The molecule has 0 unspecified atom stereocenters. The van der Waals surface area contributed by atoms with Gasteiger partial charge in [0.05, 0.1) is 17.7 Å². The van der Waals surface area contributed by atoms with E-state index in [0.29, 0.717) is 0 Å². The molecule has 110 valence electrons. The van der Waals surface area contributed by atoms with Gasteiger partial charge in [0, 0.05) is 6.07 Å². The SMILES string of the molecule is Cc1ccc([N+](=O)[O-])c(OCCn2cc(C(=O)O)nn2)c1. The van der Waals surface area contributed by atoms with Crippen LogP contribution in [0.1, 0.15) is 16.1 Å². The summed E-state index contributed by atoms with van der Waals surface area (Å²) in [5, 5.41) is 26.7. The summed E-state index contributed by atoms with van der Waals surface area (Å²) >= 11 is 0. The first-order chi connectivity index (χ1) is 9.97. The van der Waals surface area contributed by atoms with Crippen molar-refractivity contribution in [2.24, 2.45) is 0 Å². The quantitative estimate of drug-likeness (QED) is 0.628. The van der Waals surface area contributed by atoms with Gasteiger partial charge in [0.1, 0.15) is 6.61 Å². The second-order valence-electron chi connectivity index (χ2n) is 4.25. The van der Waals surface area contributed by atoms with Gasteiger partial charge in [0.25, 0.3) is 0 Å². The lowest BCUT2D eigenvalue weighted by molar-refractivity contribution is -0.385. The summed E-state index contributed by atoms with van der Waals surface area (Å²) in [6.45, 7) is 2.13. The Morgan fingerprint density at radius 2 is 2.29 bits per heavy atom. The lowest BCUT2D eigenvalue weighted by Gasteiger charge is -2.07. The van der Waals surface area contributed by atoms with E-state index in [1.807, 2.05) is 0 Å². The van der Waals surface area contributed by atoms with Crippen LogP contribution in [0.25, 0.3) is 0 Å². The molecule has 0 saturated carbocycles. The highest BCUT2D eigenvalue weighted by molar-refractivity contribution is 5.84.